The molecule has 1 aliphatic heterocycles. The molecule has 0 saturated carbocycles. The zero-order valence-corrected chi connectivity index (χ0v) is 10.1. The second kappa shape index (κ2) is 4.83. The first-order valence-corrected chi connectivity index (χ1v) is 6.10. The van der Waals surface area contributed by atoms with Crippen LogP contribution in [0.4, 0.5) is 5.69 Å². The average Bonchev–Trinajstić information content (AvgIpc) is 2.70. The standard InChI is InChI=1S/C13H20N2O/c1-3-12-5-4-10(2)15(12)13-8-14-7-6-11(13)9-16/h6-8,10,12,16H,3-5,9H2,1-2H3. The number of aliphatic hydroxyl groups is 1. The van der Waals surface area contributed by atoms with Crippen LogP contribution in [0.25, 0.3) is 0 Å². The fourth-order valence-electron chi connectivity index (χ4n) is 2.69. The summed E-state index contributed by atoms with van der Waals surface area (Å²) < 4.78 is 0. The van der Waals surface area contributed by atoms with Gasteiger partial charge in [-0.2, -0.15) is 0 Å². The molecule has 3 nitrogen and oxygen atoms in total. The molecule has 88 valence electrons. The maximum absolute atomic E-state index is 9.37. The summed E-state index contributed by atoms with van der Waals surface area (Å²) in [4.78, 5) is 6.62. The van der Waals surface area contributed by atoms with Crippen LogP contribution >= 0.6 is 0 Å². The Morgan fingerprint density at radius 3 is 3.00 bits per heavy atom. The molecule has 0 aliphatic carbocycles. The highest BCUT2D eigenvalue weighted by molar-refractivity contribution is 5.54. The predicted molar refractivity (Wildman–Crippen MR) is 65.4 cm³/mol. The van der Waals surface area contributed by atoms with Gasteiger partial charge in [0.15, 0.2) is 0 Å². The Labute approximate surface area is 97.1 Å². The molecule has 1 fully saturated rings. The maximum atomic E-state index is 9.37. The molecule has 0 radical (unpaired) electrons. The predicted octanol–water partition coefficient (Wildman–Crippen LogP) is 2.34. The van der Waals surface area contributed by atoms with Gasteiger partial charge in [0, 0.05) is 23.8 Å². The van der Waals surface area contributed by atoms with Crippen molar-refractivity contribution in [3.05, 3.63) is 24.0 Å². The lowest BCUT2D eigenvalue weighted by Crippen LogP contribution is -2.34. The van der Waals surface area contributed by atoms with Crippen molar-refractivity contribution in [1.29, 1.82) is 0 Å². The van der Waals surface area contributed by atoms with Crippen LogP contribution < -0.4 is 4.90 Å². The summed E-state index contributed by atoms with van der Waals surface area (Å²) in [5.74, 6) is 0. The van der Waals surface area contributed by atoms with E-state index in [2.05, 4.69) is 23.7 Å². The van der Waals surface area contributed by atoms with E-state index in [1.54, 1.807) is 6.20 Å². The number of hydrogen-bond acceptors (Lipinski definition) is 3. The smallest absolute Gasteiger partial charge is 0.0703 e. The lowest BCUT2D eigenvalue weighted by molar-refractivity contribution is 0.281. The van der Waals surface area contributed by atoms with Crippen LogP contribution in [-0.2, 0) is 6.61 Å². The molecule has 0 spiro atoms. The zero-order valence-electron chi connectivity index (χ0n) is 10.1. The molecule has 2 rings (SSSR count). The summed E-state index contributed by atoms with van der Waals surface area (Å²) in [5.41, 5.74) is 2.10. The largest absolute Gasteiger partial charge is 0.392 e. The second-order valence-corrected chi connectivity index (χ2v) is 4.56. The summed E-state index contributed by atoms with van der Waals surface area (Å²) >= 11 is 0. The molecule has 1 N–H and O–H groups in total. The number of pyridine rings is 1. The fraction of sp³-hybridized carbons (Fsp3) is 0.615. The van der Waals surface area contributed by atoms with Crippen LogP contribution in [0, 0.1) is 0 Å². The van der Waals surface area contributed by atoms with E-state index in [9.17, 15) is 5.11 Å². The lowest BCUT2D eigenvalue weighted by Gasteiger charge is -2.31. The van der Waals surface area contributed by atoms with E-state index in [0.717, 1.165) is 17.7 Å². The number of aromatic nitrogens is 1. The molecule has 0 amide bonds. The van der Waals surface area contributed by atoms with Crippen LogP contribution in [0.3, 0.4) is 0 Å². The van der Waals surface area contributed by atoms with Gasteiger partial charge in [0.1, 0.15) is 0 Å². The normalized spacial score (nSPS) is 25.1. The van der Waals surface area contributed by atoms with Crippen LogP contribution in [0.1, 0.15) is 38.7 Å². The maximum Gasteiger partial charge on any atom is 0.0703 e. The zero-order chi connectivity index (χ0) is 11.5. The summed E-state index contributed by atoms with van der Waals surface area (Å²) in [6, 6.07) is 3.07. The van der Waals surface area contributed by atoms with Crippen molar-refractivity contribution < 1.29 is 5.11 Å². The molecule has 0 aromatic carbocycles. The van der Waals surface area contributed by atoms with Gasteiger partial charge in [0.25, 0.3) is 0 Å². The van der Waals surface area contributed by atoms with Gasteiger partial charge in [-0.3, -0.25) is 4.98 Å². The van der Waals surface area contributed by atoms with Crippen molar-refractivity contribution in [1.82, 2.24) is 4.98 Å². The van der Waals surface area contributed by atoms with Gasteiger partial charge < -0.3 is 10.0 Å². The Kier molecular flexibility index (Phi) is 3.44. The lowest BCUT2D eigenvalue weighted by atomic mass is 10.1. The third-order valence-electron chi connectivity index (χ3n) is 3.59. The molecule has 1 aromatic heterocycles. The third-order valence-corrected chi connectivity index (χ3v) is 3.59. The summed E-state index contributed by atoms with van der Waals surface area (Å²) in [6.07, 6.45) is 7.27. The summed E-state index contributed by atoms with van der Waals surface area (Å²) in [6.45, 7) is 4.58. The van der Waals surface area contributed by atoms with E-state index in [0.29, 0.717) is 12.1 Å². The topological polar surface area (TPSA) is 36.4 Å². The van der Waals surface area contributed by atoms with Gasteiger partial charge in [-0.05, 0) is 32.3 Å². The molecule has 2 unspecified atom stereocenters. The molecule has 2 heterocycles. The van der Waals surface area contributed by atoms with Gasteiger partial charge in [-0.25, -0.2) is 0 Å². The van der Waals surface area contributed by atoms with Gasteiger partial charge in [0.05, 0.1) is 18.5 Å². The van der Waals surface area contributed by atoms with E-state index < -0.39 is 0 Å². The molecule has 1 saturated heterocycles. The molecule has 2 atom stereocenters. The Hall–Kier alpha value is -1.09. The van der Waals surface area contributed by atoms with Gasteiger partial charge in [0.2, 0.25) is 0 Å². The molecular weight excluding hydrogens is 200 g/mol. The number of aliphatic hydroxyl groups excluding tert-OH is 1. The minimum absolute atomic E-state index is 0.0947. The summed E-state index contributed by atoms with van der Waals surface area (Å²) in [5, 5.41) is 9.37. The molecule has 3 heteroatoms. The number of nitrogens with zero attached hydrogens (tertiary/aromatic N) is 2. The number of anilines is 1. The highest BCUT2D eigenvalue weighted by Gasteiger charge is 2.30. The van der Waals surface area contributed by atoms with Crippen molar-refractivity contribution in [2.45, 2.75) is 51.8 Å². The fourth-order valence-corrected chi connectivity index (χ4v) is 2.69. The Morgan fingerprint density at radius 2 is 2.31 bits per heavy atom. The molecule has 16 heavy (non-hydrogen) atoms. The SMILES string of the molecule is CCC1CCC(C)N1c1cnccc1CO. The first-order chi connectivity index (χ1) is 7.77. The van der Waals surface area contributed by atoms with Crippen LogP contribution in [-0.4, -0.2) is 22.2 Å². The van der Waals surface area contributed by atoms with Crippen molar-refractivity contribution in [2.75, 3.05) is 4.90 Å². The second-order valence-electron chi connectivity index (χ2n) is 4.56. The molecule has 1 aromatic rings. The van der Waals surface area contributed by atoms with Crippen molar-refractivity contribution in [3.8, 4) is 0 Å². The van der Waals surface area contributed by atoms with Crippen molar-refractivity contribution in [3.63, 3.8) is 0 Å². The first-order valence-electron chi connectivity index (χ1n) is 6.10. The summed E-state index contributed by atoms with van der Waals surface area (Å²) in [7, 11) is 0. The minimum atomic E-state index is 0.0947. The van der Waals surface area contributed by atoms with E-state index in [-0.39, 0.29) is 6.61 Å². The average molecular weight is 220 g/mol. The highest BCUT2D eigenvalue weighted by atomic mass is 16.3. The van der Waals surface area contributed by atoms with Crippen LogP contribution in [0.15, 0.2) is 18.5 Å². The van der Waals surface area contributed by atoms with Crippen LogP contribution in [0.5, 0.6) is 0 Å². The Bertz CT molecular complexity index is 354. The van der Waals surface area contributed by atoms with E-state index in [1.807, 2.05) is 12.3 Å². The van der Waals surface area contributed by atoms with Crippen molar-refractivity contribution >= 4 is 5.69 Å². The number of hydrogen-bond donors (Lipinski definition) is 1. The van der Waals surface area contributed by atoms with E-state index in [4.69, 9.17) is 0 Å². The quantitative estimate of drug-likeness (QED) is 0.849. The minimum Gasteiger partial charge on any atom is -0.392 e. The number of rotatable bonds is 3. The first kappa shape index (κ1) is 11.4. The van der Waals surface area contributed by atoms with Crippen molar-refractivity contribution in [2.24, 2.45) is 0 Å². The van der Waals surface area contributed by atoms with Crippen LogP contribution in [0.2, 0.25) is 0 Å². The van der Waals surface area contributed by atoms with E-state index >= 15 is 0 Å². The van der Waals surface area contributed by atoms with E-state index in [1.165, 1.54) is 12.8 Å². The van der Waals surface area contributed by atoms with Gasteiger partial charge in [-0.15, -0.1) is 0 Å². The van der Waals surface area contributed by atoms with Gasteiger partial charge in [-0.1, -0.05) is 6.92 Å². The molecule has 1 aliphatic rings. The monoisotopic (exact) mass is 220 g/mol. The molecular formula is C13H20N2O. The Balaban J connectivity index is 2.34. The molecule has 0 bridgehead atoms. The Morgan fingerprint density at radius 1 is 1.50 bits per heavy atom. The van der Waals surface area contributed by atoms with Gasteiger partial charge >= 0.3 is 0 Å². The third kappa shape index (κ3) is 1.92. The highest BCUT2D eigenvalue weighted by Crippen LogP contribution is 2.33.